The first-order chi connectivity index (χ1) is 3.18. The summed E-state index contributed by atoms with van der Waals surface area (Å²) >= 11 is -1.25. The molecule has 0 amide bonds. The SMILES string of the molecule is CC[S+]([O-])C(C)F. The molecule has 0 aromatic carbocycles. The minimum Gasteiger partial charge on any atom is -0.614 e. The first-order valence-electron chi connectivity index (χ1n) is 2.19. The van der Waals surface area contributed by atoms with Crippen molar-refractivity contribution in [1.29, 1.82) is 0 Å². The van der Waals surface area contributed by atoms with E-state index in [4.69, 9.17) is 0 Å². The smallest absolute Gasteiger partial charge is 0.250 e. The Morgan fingerprint density at radius 3 is 2.29 bits per heavy atom. The van der Waals surface area contributed by atoms with Crippen LogP contribution in [0.1, 0.15) is 13.8 Å². The van der Waals surface area contributed by atoms with E-state index in [1.807, 2.05) is 0 Å². The lowest BCUT2D eigenvalue weighted by atomic mass is 10.9. The summed E-state index contributed by atoms with van der Waals surface area (Å²) in [6, 6.07) is 0. The second-order valence-electron chi connectivity index (χ2n) is 1.21. The fourth-order valence-electron chi connectivity index (χ4n) is 0.230. The van der Waals surface area contributed by atoms with E-state index in [1.54, 1.807) is 6.92 Å². The van der Waals surface area contributed by atoms with Crippen LogP contribution in [0, 0.1) is 0 Å². The molecule has 0 bridgehead atoms. The summed E-state index contributed by atoms with van der Waals surface area (Å²) in [4.78, 5) is 0. The van der Waals surface area contributed by atoms with Crippen LogP contribution in [0.2, 0.25) is 0 Å². The van der Waals surface area contributed by atoms with Gasteiger partial charge in [0.1, 0.15) is 5.75 Å². The third kappa shape index (κ3) is 2.88. The van der Waals surface area contributed by atoms with Gasteiger partial charge in [-0.2, -0.15) is 4.39 Å². The molecule has 3 heteroatoms. The van der Waals surface area contributed by atoms with E-state index in [2.05, 4.69) is 0 Å². The molecule has 0 aliphatic carbocycles. The van der Waals surface area contributed by atoms with Gasteiger partial charge in [0, 0.05) is 6.92 Å². The molecule has 0 heterocycles. The second-order valence-corrected chi connectivity index (χ2v) is 3.20. The molecular formula is C4H9FOS. The summed E-state index contributed by atoms with van der Waals surface area (Å²) in [5.41, 5.74) is -1.16. The molecule has 1 nitrogen and oxygen atoms in total. The summed E-state index contributed by atoms with van der Waals surface area (Å²) in [6.07, 6.45) is 0. The molecule has 0 rings (SSSR count). The van der Waals surface area contributed by atoms with E-state index in [0.29, 0.717) is 5.75 Å². The van der Waals surface area contributed by atoms with Gasteiger partial charge in [0.05, 0.1) is 0 Å². The maximum Gasteiger partial charge on any atom is 0.250 e. The molecule has 7 heavy (non-hydrogen) atoms. The van der Waals surface area contributed by atoms with Crippen molar-refractivity contribution in [3.8, 4) is 0 Å². The van der Waals surface area contributed by atoms with Crippen LogP contribution >= 0.6 is 0 Å². The van der Waals surface area contributed by atoms with E-state index in [1.165, 1.54) is 6.92 Å². The van der Waals surface area contributed by atoms with Gasteiger partial charge in [-0.05, 0) is 18.1 Å². The van der Waals surface area contributed by atoms with Crippen molar-refractivity contribution in [2.24, 2.45) is 0 Å². The summed E-state index contributed by atoms with van der Waals surface area (Å²) in [6.45, 7) is 3.01. The van der Waals surface area contributed by atoms with E-state index in [9.17, 15) is 8.94 Å². The molecule has 0 fully saturated rings. The van der Waals surface area contributed by atoms with Crippen molar-refractivity contribution in [2.75, 3.05) is 5.75 Å². The van der Waals surface area contributed by atoms with Gasteiger partial charge < -0.3 is 4.55 Å². The number of halogens is 1. The lowest BCUT2D eigenvalue weighted by Crippen LogP contribution is -2.13. The van der Waals surface area contributed by atoms with Crippen LogP contribution in [0.15, 0.2) is 0 Å². The van der Waals surface area contributed by atoms with Crippen LogP contribution in [-0.2, 0) is 11.2 Å². The molecule has 0 spiro atoms. The maximum absolute atomic E-state index is 11.8. The molecule has 0 aliphatic heterocycles. The van der Waals surface area contributed by atoms with Crippen molar-refractivity contribution in [1.82, 2.24) is 0 Å². The van der Waals surface area contributed by atoms with E-state index >= 15 is 0 Å². The van der Waals surface area contributed by atoms with Crippen molar-refractivity contribution >= 4 is 11.2 Å². The van der Waals surface area contributed by atoms with Gasteiger partial charge in [0.25, 0.3) is 0 Å². The first-order valence-corrected chi connectivity index (χ1v) is 3.58. The second kappa shape index (κ2) is 3.27. The van der Waals surface area contributed by atoms with Gasteiger partial charge in [-0.3, -0.25) is 0 Å². The Kier molecular flexibility index (Phi) is 3.38. The van der Waals surface area contributed by atoms with Crippen LogP contribution in [0.25, 0.3) is 0 Å². The highest BCUT2D eigenvalue weighted by Gasteiger charge is 2.10. The van der Waals surface area contributed by atoms with Crippen molar-refractivity contribution in [3.05, 3.63) is 0 Å². The molecule has 44 valence electrons. The zero-order valence-corrected chi connectivity index (χ0v) is 5.30. The minimum absolute atomic E-state index is 0.414. The van der Waals surface area contributed by atoms with E-state index in [0.717, 1.165) is 0 Å². The molecule has 0 N–H and O–H groups in total. The first kappa shape index (κ1) is 7.24. The average molecular weight is 124 g/mol. The predicted octanol–water partition coefficient (Wildman–Crippen LogP) is 1.07. The van der Waals surface area contributed by atoms with Crippen LogP contribution in [0.3, 0.4) is 0 Å². The Hall–Kier alpha value is 0.240. The normalized spacial score (nSPS) is 18.9. The number of rotatable bonds is 2. The molecule has 0 saturated heterocycles. The standard InChI is InChI=1S/C4H9FOS/c1-3-7(6)4(2)5/h4H,3H2,1-2H3. The fraction of sp³-hybridized carbons (Fsp3) is 1.00. The third-order valence-electron chi connectivity index (χ3n) is 0.647. The fourth-order valence-corrected chi connectivity index (χ4v) is 0.689. The van der Waals surface area contributed by atoms with E-state index in [-0.39, 0.29) is 0 Å². The highest BCUT2D eigenvalue weighted by atomic mass is 32.2. The van der Waals surface area contributed by atoms with Crippen molar-refractivity contribution in [3.63, 3.8) is 0 Å². The number of alkyl halides is 1. The molecule has 0 saturated carbocycles. The maximum atomic E-state index is 11.8. The minimum atomic E-state index is -1.25. The Morgan fingerprint density at radius 2 is 2.29 bits per heavy atom. The van der Waals surface area contributed by atoms with Gasteiger partial charge in [-0.1, -0.05) is 0 Å². The molecule has 0 aromatic heterocycles. The quantitative estimate of drug-likeness (QED) is 0.505. The molecular weight excluding hydrogens is 115 g/mol. The Balaban J connectivity index is 3.14. The average Bonchev–Trinajstić information content (AvgIpc) is 1.65. The number of hydrogen-bond donors (Lipinski definition) is 0. The van der Waals surface area contributed by atoms with Crippen LogP contribution in [-0.4, -0.2) is 15.8 Å². The Morgan fingerprint density at radius 1 is 1.86 bits per heavy atom. The zero-order chi connectivity index (χ0) is 5.86. The number of hydrogen-bond acceptors (Lipinski definition) is 1. The van der Waals surface area contributed by atoms with Crippen molar-refractivity contribution < 1.29 is 8.94 Å². The molecule has 0 aromatic rings. The summed E-state index contributed by atoms with van der Waals surface area (Å²) in [7, 11) is 0. The Labute approximate surface area is 46.1 Å². The largest absolute Gasteiger partial charge is 0.614 e. The van der Waals surface area contributed by atoms with Gasteiger partial charge in [-0.25, -0.2) is 0 Å². The zero-order valence-electron chi connectivity index (χ0n) is 4.48. The third-order valence-corrected chi connectivity index (χ3v) is 1.94. The summed E-state index contributed by atoms with van der Waals surface area (Å²) < 4.78 is 22.0. The highest BCUT2D eigenvalue weighted by Crippen LogP contribution is 2.00. The lowest BCUT2D eigenvalue weighted by Gasteiger charge is -2.07. The topological polar surface area (TPSA) is 23.1 Å². The van der Waals surface area contributed by atoms with Crippen LogP contribution in [0.4, 0.5) is 4.39 Å². The van der Waals surface area contributed by atoms with Gasteiger partial charge >= 0.3 is 0 Å². The molecule has 0 aliphatic rings. The van der Waals surface area contributed by atoms with E-state index < -0.39 is 16.7 Å². The molecule has 0 radical (unpaired) electrons. The summed E-state index contributed by atoms with van der Waals surface area (Å²) in [5.74, 6) is 0.414. The van der Waals surface area contributed by atoms with Gasteiger partial charge in [0.15, 0.2) is 0 Å². The monoisotopic (exact) mass is 124 g/mol. The van der Waals surface area contributed by atoms with Crippen LogP contribution in [0.5, 0.6) is 0 Å². The van der Waals surface area contributed by atoms with Gasteiger partial charge in [0.2, 0.25) is 5.50 Å². The Bertz CT molecular complexity index is 49.0. The van der Waals surface area contributed by atoms with Gasteiger partial charge in [-0.15, -0.1) is 0 Å². The van der Waals surface area contributed by atoms with Crippen molar-refractivity contribution in [2.45, 2.75) is 19.4 Å². The lowest BCUT2D eigenvalue weighted by molar-refractivity contribution is 0.444. The predicted molar refractivity (Wildman–Crippen MR) is 29.3 cm³/mol. The van der Waals surface area contributed by atoms with Crippen LogP contribution < -0.4 is 0 Å². The molecule has 2 atom stereocenters. The highest BCUT2D eigenvalue weighted by molar-refractivity contribution is 7.91. The molecule has 2 unspecified atom stereocenters. The summed E-state index contributed by atoms with van der Waals surface area (Å²) in [5, 5.41) is 0.